The molecule has 0 aliphatic carbocycles. The molecule has 6 N–H and O–H groups in total. The summed E-state index contributed by atoms with van der Waals surface area (Å²) < 4.78 is 6.89. The zero-order valence-corrected chi connectivity index (χ0v) is 11.0. The molecule has 1 aromatic rings. The smallest absolute Gasteiger partial charge is 0.196 e. The lowest BCUT2D eigenvalue weighted by Gasteiger charge is -2.22. The van der Waals surface area contributed by atoms with Gasteiger partial charge in [-0.2, -0.15) is 0 Å². The van der Waals surface area contributed by atoms with Gasteiger partial charge >= 0.3 is 0 Å². The Morgan fingerprint density at radius 3 is 2.85 bits per heavy atom. The number of guanidine groups is 1. The third-order valence-corrected chi connectivity index (χ3v) is 3.64. The summed E-state index contributed by atoms with van der Waals surface area (Å²) in [6.07, 6.45) is -2.76. The highest BCUT2D eigenvalue weighted by molar-refractivity contribution is 6.22. The zero-order chi connectivity index (χ0) is 14.4. The van der Waals surface area contributed by atoms with Gasteiger partial charge in [-0.15, -0.1) is 0 Å². The molecule has 2 aliphatic rings. The predicted octanol–water partition coefficient (Wildman–Crippen LogP) is -1.53. The molecule has 3 rings (SSSR count). The van der Waals surface area contributed by atoms with Gasteiger partial charge in [0.1, 0.15) is 29.8 Å². The fourth-order valence-corrected chi connectivity index (χ4v) is 2.58. The number of nitrogens with zero attached hydrogens (tertiary/aromatic N) is 3. The van der Waals surface area contributed by atoms with Crippen LogP contribution in [-0.4, -0.2) is 55.7 Å². The molecule has 0 spiro atoms. The minimum atomic E-state index is -1.21. The Bertz CT molecular complexity index is 550. The first-order valence-electron chi connectivity index (χ1n) is 5.96. The Morgan fingerprint density at radius 2 is 2.20 bits per heavy atom. The van der Waals surface area contributed by atoms with E-state index in [0.29, 0.717) is 11.5 Å². The second-order valence-electron chi connectivity index (χ2n) is 4.59. The number of hydrogen-bond donors (Lipinski definition) is 5. The number of ether oxygens (including phenoxy) is 1. The van der Waals surface area contributed by atoms with Crippen molar-refractivity contribution in [3.05, 3.63) is 12.0 Å². The van der Waals surface area contributed by atoms with Crippen LogP contribution in [0.2, 0.25) is 0 Å². The van der Waals surface area contributed by atoms with Crippen molar-refractivity contribution in [3.63, 3.8) is 0 Å². The number of rotatable bonds is 2. The molecule has 2 unspecified atom stereocenters. The number of aliphatic imine (C=N–C) groups is 1. The number of aliphatic hydroxyl groups excluding tert-OH is 3. The zero-order valence-electron chi connectivity index (χ0n) is 10.2. The SMILES string of the molecule is NC1=NC(Cl)c2ncn(C3O[C@@H](CO)[C@H](O)[C@@H]3O)c2N1. The van der Waals surface area contributed by atoms with Crippen molar-refractivity contribution in [3.8, 4) is 0 Å². The van der Waals surface area contributed by atoms with Crippen LogP contribution in [0.15, 0.2) is 11.3 Å². The molecular weight excluding hydrogens is 290 g/mol. The topological polar surface area (TPSA) is 138 Å². The summed E-state index contributed by atoms with van der Waals surface area (Å²) in [5, 5.41) is 31.7. The van der Waals surface area contributed by atoms with Gasteiger partial charge in [-0.05, 0) is 0 Å². The summed E-state index contributed by atoms with van der Waals surface area (Å²) in [4.78, 5) is 8.01. The maximum absolute atomic E-state index is 10.0. The number of anilines is 1. The van der Waals surface area contributed by atoms with Gasteiger partial charge in [-0.3, -0.25) is 4.57 Å². The first kappa shape index (κ1) is 13.6. The van der Waals surface area contributed by atoms with Gasteiger partial charge in [0, 0.05) is 0 Å². The second kappa shape index (κ2) is 4.86. The normalized spacial score (nSPS) is 36.4. The number of aromatic nitrogens is 2. The van der Waals surface area contributed by atoms with Crippen molar-refractivity contribution in [1.29, 1.82) is 0 Å². The fraction of sp³-hybridized carbons (Fsp3) is 0.600. The summed E-state index contributed by atoms with van der Waals surface area (Å²) in [7, 11) is 0. The van der Waals surface area contributed by atoms with E-state index in [1.54, 1.807) is 0 Å². The number of nitrogens with one attached hydrogen (secondary N) is 1. The van der Waals surface area contributed by atoms with Crippen LogP contribution in [0.25, 0.3) is 0 Å². The van der Waals surface area contributed by atoms with Gasteiger partial charge in [0.2, 0.25) is 0 Å². The molecular formula is C10H14ClN5O4. The van der Waals surface area contributed by atoms with Crippen molar-refractivity contribution in [2.45, 2.75) is 30.0 Å². The van der Waals surface area contributed by atoms with Crippen molar-refractivity contribution in [2.24, 2.45) is 10.7 Å². The van der Waals surface area contributed by atoms with Crippen LogP contribution < -0.4 is 11.1 Å². The molecule has 3 heterocycles. The molecule has 1 saturated heterocycles. The first-order valence-corrected chi connectivity index (χ1v) is 6.40. The lowest BCUT2D eigenvalue weighted by Crippen LogP contribution is -2.34. The van der Waals surface area contributed by atoms with Crippen LogP contribution in [0.3, 0.4) is 0 Å². The maximum Gasteiger partial charge on any atom is 0.196 e. The minimum Gasteiger partial charge on any atom is -0.394 e. The Morgan fingerprint density at radius 1 is 1.45 bits per heavy atom. The second-order valence-corrected chi connectivity index (χ2v) is 5.00. The molecule has 2 aliphatic heterocycles. The highest BCUT2D eigenvalue weighted by Gasteiger charge is 2.44. The van der Waals surface area contributed by atoms with E-state index in [1.807, 2.05) is 0 Å². The molecule has 9 nitrogen and oxygen atoms in total. The molecule has 20 heavy (non-hydrogen) atoms. The number of halogens is 1. The number of alkyl halides is 1. The van der Waals surface area contributed by atoms with E-state index >= 15 is 0 Å². The number of nitrogens with two attached hydrogens (primary N) is 1. The van der Waals surface area contributed by atoms with E-state index in [0.717, 1.165) is 0 Å². The molecule has 110 valence electrons. The molecule has 0 bridgehead atoms. The Balaban J connectivity index is 1.94. The summed E-state index contributed by atoms with van der Waals surface area (Å²) >= 11 is 6.01. The monoisotopic (exact) mass is 303 g/mol. The van der Waals surface area contributed by atoms with Gasteiger partial charge in [0.05, 0.1) is 12.9 Å². The van der Waals surface area contributed by atoms with Gasteiger partial charge < -0.3 is 31.1 Å². The standard InChI is InChI=1S/C10H14ClN5O4/c11-7-4-8(15-10(12)14-7)16(2-13-4)9-6(19)5(18)3(1-17)20-9/h2-3,5-7,9,17-19H,1H2,(H3,12,14,15)/t3-,5-,6-,7?,9?/m0/s1. The average Bonchev–Trinajstić information content (AvgIpc) is 2.93. The van der Waals surface area contributed by atoms with Crippen molar-refractivity contribution < 1.29 is 20.1 Å². The number of aliphatic hydroxyl groups is 3. The summed E-state index contributed by atoms with van der Waals surface area (Å²) in [5.74, 6) is 0.554. The number of imidazole rings is 1. The number of fused-ring (bicyclic) bond motifs is 1. The van der Waals surface area contributed by atoms with Gasteiger partial charge in [-0.25, -0.2) is 9.98 Å². The first-order chi connectivity index (χ1) is 9.52. The van der Waals surface area contributed by atoms with Crippen LogP contribution in [0, 0.1) is 0 Å². The van der Waals surface area contributed by atoms with Crippen LogP contribution in [0.5, 0.6) is 0 Å². The summed E-state index contributed by atoms with van der Waals surface area (Å²) in [6.45, 7) is -0.402. The Kier molecular flexibility index (Phi) is 3.30. The van der Waals surface area contributed by atoms with Crippen LogP contribution >= 0.6 is 11.6 Å². The minimum absolute atomic E-state index is 0.117. The van der Waals surface area contributed by atoms with Crippen LogP contribution in [0.1, 0.15) is 17.4 Å². The molecule has 10 heteroatoms. The highest BCUT2D eigenvalue weighted by atomic mass is 35.5. The van der Waals surface area contributed by atoms with Crippen molar-refractivity contribution in [2.75, 3.05) is 11.9 Å². The third kappa shape index (κ3) is 1.95. The van der Waals surface area contributed by atoms with E-state index in [9.17, 15) is 10.2 Å². The molecule has 0 aromatic carbocycles. The summed E-state index contributed by atoms with van der Waals surface area (Å²) in [5.41, 5.74) is 5.31. The van der Waals surface area contributed by atoms with E-state index in [4.69, 9.17) is 27.2 Å². The van der Waals surface area contributed by atoms with Gasteiger partial charge in [-0.1, -0.05) is 11.6 Å². The molecule has 5 atom stereocenters. The van der Waals surface area contributed by atoms with E-state index < -0.39 is 36.6 Å². The molecule has 1 fully saturated rings. The summed E-state index contributed by atoms with van der Waals surface area (Å²) in [6, 6.07) is 0. The quantitative estimate of drug-likeness (QED) is 0.330. The van der Waals surface area contributed by atoms with Crippen molar-refractivity contribution in [1.82, 2.24) is 9.55 Å². The van der Waals surface area contributed by atoms with E-state index in [-0.39, 0.29) is 5.96 Å². The van der Waals surface area contributed by atoms with Gasteiger partial charge in [0.15, 0.2) is 17.7 Å². The molecule has 0 saturated carbocycles. The largest absolute Gasteiger partial charge is 0.394 e. The Labute approximate surface area is 118 Å². The van der Waals surface area contributed by atoms with E-state index in [2.05, 4.69) is 15.3 Å². The highest BCUT2D eigenvalue weighted by Crippen LogP contribution is 2.37. The van der Waals surface area contributed by atoms with Gasteiger partial charge in [0.25, 0.3) is 0 Å². The molecule has 0 amide bonds. The number of hydrogen-bond acceptors (Lipinski definition) is 8. The molecule has 1 aromatic heterocycles. The average molecular weight is 304 g/mol. The Hall–Kier alpha value is -1.39. The lowest BCUT2D eigenvalue weighted by atomic mass is 10.1. The lowest BCUT2D eigenvalue weighted by molar-refractivity contribution is -0.0518. The maximum atomic E-state index is 10.0. The molecule has 0 radical (unpaired) electrons. The third-order valence-electron chi connectivity index (χ3n) is 3.34. The fourth-order valence-electron chi connectivity index (χ4n) is 2.32. The van der Waals surface area contributed by atoms with E-state index in [1.165, 1.54) is 10.9 Å². The van der Waals surface area contributed by atoms with Crippen LogP contribution in [-0.2, 0) is 4.74 Å². The predicted molar refractivity (Wildman–Crippen MR) is 69.1 cm³/mol. The van der Waals surface area contributed by atoms with Crippen LogP contribution in [0.4, 0.5) is 5.82 Å². The van der Waals surface area contributed by atoms with Crippen molar-refractivity contribution >= 4 is 23.4 Å².